The average Bonchev–Trinajstić information content (AvgIpc) is 3.96. The first-order chi connectivity index (χ1) is 33.5. The van der Waals surface area contributed by atoms with Crippen molar-refractivity contribution in [2.24, 2.45) is 17.9 Å². The summed E-state index contributed by atoms with van der Waals surface area (Å²) in [5.41, 5.74) is 6.43. The summed E-state index contributed by atoms with van der Waals surface area (Å²) >= 11 is 0. The largest absolute Gasteiger partial charge is 0.495 e. The number of benzene rings is 3. The molecule has 2 aliphatic carbocycles. The summed E-state index contributed by atoms with van der Waals surface area (Å²) in [7, 11) is 3.32. The van der Waals surface area contributed by atoms with Crippen LogP contribution in [-0.4, -0.2) is 93.9 Å². The summed E-state index contributed by atoms with van der Waals surface area (Å²) in [5.74, 6) is 1.74. The fourth-order valence-corrected chi connectivity index (χ4v) is 12.3. The number of amides is 2. The molecule has 0 atom stereocenters. The van der Waals surface area contributed by atoms with Gasteiger partial charge >= 0.3 is 0 Å². The summed E-state index contributed by atoms with van der Waals surface area (Å²) in [6.07, 6.45) is 6.75. The van der Waals surface area contributed by atoms with Crippen molar-refractivity contribution < 1.29 is 32.6 Å². The molecule has 1 saturated heterocycles. The molecule has 5 aliphatic rings. The average molecular weight is 956 g/mol. The smallest absolute Gasteiger partial charge is 0.264 e. The first-order valence-electron chi connectivity index (χ1n) is 24.7. The van der Waals surface area contributed by atoms with Gasteiger partial charge in [0.1, 0.15) is 23.7 Å². The molecule has 70 heavy (non-hydrogen) atoms. The van der Waals surface area contributed by atoms with Crippen molar-refractivity contribution in [3.05, 3.63) is 101 Å². The van der Waals surface area contributed by atoms with Gasteiger partial charge in [0.05, 0.1) is 43.7 Å². The lowest BCUT2D eigenvalue weighted by Crippen LogP contribution is -2.74. The first-order valence-corrected chi connectivity index (χ1v) is 24.7. The molecular weight excluding hydrogens is 893 g/mol. The number of nitrogens with zero attached hydrogens (tertiary/aromatic N) is 8. The van der Waals surface area contributed by atoms with E-state index in [0.29, 0.717) is 59.8 Å². The highest BCUT2D eigenvalue weighted by Gasteiger charge is 2.64. The van der Waals surface area contributed by atoms with Crippen molar-refractivity contribution in [2.45, 2.75) is 123 Å². The highest BCUT2D eigenvalue weighted by molar-refractivity contribution is 5.95. The fourth-order valence-electron chi connectivity index (χ4n) is 12.3. The number of nitriles is 1. The number of rotatable bonds is 12. The highest BCUT2D eigenvalue weighted by Crippen LogP contribution is 2.56. The number of carbonyl (C=O) groups excluding carboxylic acids is 2. The van der Waals surface area contributed by atoms with Crippen LogP contribution in [0, 0.1) is 22.2 Å². The minimum Gasteiger partial charge on any atom is -0.495 e. The molecule has 1 N–H and O–H groups in total. The second kappa shape index (κ2) is 18.4. The summed E-state index contributed by atoms with van der Waals surface area (Å²) in [6, 6.07) is 18.7. The number of ether oxygens (including phenoxy) is 3. The summed E-state index contributed by atoms with van der Waals surface area (Å²) in [4.78, 5) is 32.6. The first kappa shape index (κ1) is 47.2. The minimum absolute atomic E-state index is 0.0137. The van der Waals surface area contributed by atoms with E-state index in [9.17, 15) is 23.6 Å². The highest BCUT2D eigenvalue weighted by atomic mass is 19.3. The van der Waals surface area contributed by atoms with Crippen molar-refractivity contribution in [3.8, 4) is 28.7 Å². The van der Waals surface area contributed by atoms with Gasteiger partial charge in [0, 0.05) is 115 Å². The molecule has 368 valence electrons. The molecule has 2 aromatic heterocycles. The molecule has 2 amide bonds. The molecule has 5 aromatic rings. The zero-order valence-corrected chi connectivity index (χ0v) is 41.2. The van der Waals surface area contributed by atoms with Gasteiger partial charge in [-0.05, 0) is 98.2 Å². The molecule has 16 heteroatoms. The number of alkyl halides is 2. The Morgan fingerprint density at radius 2 is 1.69 bits per heavy atom. The monoisotopic (exact) mass is 955 g/mol. The number of hydrogen-bond donors (Lipinski definition) is 1. The fraction of sp³-hybridized carbons (Fsp3) is 0.500. The summed E-state index contributed by atoms with van der Waals surface area (Å²) in [5, 5.41) is 22.3. The molecule has 0 radical (unpaired) electrons. The van der Waals surface area contributed by atoms with Gasteiger partial charge in [-0.2, -0.15) is 15.5 Å². The Bertz CT molecular complexity index is 2820. The maximum absolute atomic E-state index is 14.8. The van der Waals surface area contributed by atoms with Crippen LogP contribution in [0.1, 0.15) is 117 Å². The van der Waals surface area contributed by atoms with E-state index in [1.807, 2.05) is 35.2 Å². The van der Waals surface area contributed by atoms with Gasteiger partial charge in [0.2, 0.25) is 5.91 Å². The molecule has 5 heterocycles. The van der Waals surface area contributed by atoms with E-state index in [4.69, 9.17) is 19.3 Å². The SMILES string of the molecule is COc1cc(OC2C(C)(C)C(NC(=O)c3ccc(N4CC(OC5CCC(n6nc(N7CCCc8cc(-c9cnn(C)c9)c(C(F)F)cc87)c7c6CCN(C(C)=O)C7)CC5)C4)cc3)C2(C)C)ccc1C#N. The van der Waals surface area contributed by atoms with E-state index in [-0.39, 0.29) is 58.6 Å². The second-order valence-corrected chi connectivity index (χ2v) is 21.1. The predicted octanol–water partition coefficient (Wildman–Crippen LogP) is 9.09. The lowest BCUT2D eigenvalue weighted by molar-refractivity contribution is -0.164. The Hall–Kier alpha value is -6.47. The van der Waals surface area contributed by atoms with E-state index in [1.165, 1.54) is 7.11 Å². The summed E-state index contributed by atoms with van der Waals surface area (Å²) in [6.45, 7) is 13.3. The van der Waals surface area contributed by atoms with Crippen LogP contribution in [0.25, 0.3) is 11.1 Å². The quantitative estimate of drug-likeness (QED) is 0.129. The maximum Gasteiger partial charge on any atom is 0.264 e. The molecule has 3 fully saturated rings. The Kier molecular flexibility index (Phi) is 12.4. The van der Waals surface area contributed by atoms with Crippen LogP contribution >= 0.6 is 0 Å². The number of fused-ring (bicyclic) bond motifs is 2. The topological polar surface area (TPSA) is 143 Å². The van der Waals surface area contributed by atoms with Gasteiger partial charge in [0.25, 0.3) is 12.3 Å². The number of aryl methyl sites for hydroxylation is 2. The molecule has 3 aromatic carbocycles. The van der Waals surface area contributed by atoms with E-state index < -0.39 is 6.43 Å². The van der Waals surface area contributed by atoms with Crippen LogP contribution in [0.4, 0.5) is 26.0 Å². The number of anilines is 3. The van der Waals surface area contributed by atoms with Crippen LogP contribution < -0.4 is 24.6 Å². The van der Waals surface area contributed by atoms with Crippen molar-refractivity contribution in [1.29, 1.82) is 5.26 Å². The van der Waals surface area contributed by atoms with Crippen LogP contribution in [0.3, 0.4) is 0 Å². The normalized spacial score (nSPS) is 22.6. The zero-order valence-electron chi connectivity index (χ0n) is 41.2. The zero-order chi connectivity index (χ0) is 49.2. The van der Waals surface area contributed by atoms with Gasteiger partial charge in [0.15, 0.2) is 5.82 Å². The van der Waals surface area contributed by atoms with Crippen LogP contribution in [-0.2, 0) is 36.0 Å². The van der Waals surface area contributed by atoms with Crippen molar-refractivity contribution in [2.75, 3.05) is 43.1 Å². The number of hydrogen-bond acceptors (Lipinski definition) is 10. The van der Waals surface area contributed by atoms with Crippen molar-refractivity contribution in [3.63, 3.8) is 0 Å². The third-order valence-electron chi connectivity index (χ3n) is 15.8. The van der Waals surface area contributed by atoms with E-state index in [0.717, 1.165) is 85.6 Å². The van der Waals surface area contributed by atoms with Crippen molar-refractivity contribution in [1.82, 2.24) is 29.8 Å². The molecule has 0 bridgehead atoms. The number of methoxy groups -OCH3 is 1. The predicted molar refractivity (Wildman–Crippen MR) is 262 cm³/mol. The molecule has 10 rings (SSSR count). The van der Waals surface area contributed by atoms with Crippen LogP contribution in [0.15, 0.2) is 67.0 Å². The van der Waals surface area contributed by atoms with Gasteiger partial charge in [-0.15, -0.1) is 0 Å². The Morgan fingerprint density at radius 1 is 0.943 bits per heavy atom. The number of halogens is 2. The lowest BCUT2D eigenvalue weighted by Gasteiger charge is -2.63. The Morgan fingerprint density at radius 3 is 2.34 bits per heavy atom. The molecule has 14 nitrogen and oxygen atoms in total. The van der Waals surface area contributed by atoms with Gasteiger partial charge in [-0.1, -0.05) is 27.7 Å². The van der Waals surface area contributed by atoms with Crippen LogP contribution in [0.5, 0.6) is 11.5 Å². The van der Waals surface area contributed by atoms with Crippen molar-refractivity contribution >= 4 is 29.0 Å². The summed E-state index contributed by atoms with van der Waals surface area (Å²) < 4.78 is 51.9. The molecule has 0 unspecified atom stereocenters. The number of carbonyl (C=O) groups is 2. The third kappa shape index (κ3) is 8.53. The van der Waals surface area contributed by atoms with Gasteiger partial charge in [-0.3, -0.25) is 19.0 Å². The van der Waals surface area contributed by atoms with E-state index >= 15 is 0 Å². The molecule has 3 aliphatic heterocycles. The molecular formula is C54H63F2N9O5. The number of aromatic nitrogens is 4. The van der Waals surface area contributed by atoms with E-state index in [2.05, 4.69) is 58.7 Å². The molecule has 0 spiro atoms. The Labute approximate surface area is 408 Å². The minimum atomic E-state index is -2.67. The third-order valence-corrected chi connectivity index (χ3v) is 15.8. The Balaban J connectivity index is 0.751. The standard InChI is InChI=1S/C54H63F2N9O5/c1-32(66)62-22-20-45-44(31-62)49(64-21-8-9-34-23-42(36-27-58-61(6)28-36)43(48(55)56)25-46(34)64)60-65(45)38-15-18-39(19-16-38)69-41-29-63(30-41)37-13-10-33(11-14-37)50(67)59-51-53(2,3)52(54(51,4)5)70-40-17-12-35(26-57)47(24-40)68-7/h10-14,17,23-25,27-28,38-39,41,48,51-52H,8-9,15-16,18-22,29-31H2,1-7H3,(H,59,67). The van der Waals surface area contributed by atoms with E-state index in [1.54, 1.807) is 55.3 Å². The molecule has 2 saturated carbocycles. The lowest BCUT2D eigenvalue weighted by atomic mass is 9.49. The van der Waals surface area contributed by atoms with Gasteiger partial charge < -0.3 is 34.2 Å². The number of nitrogens with one attached hydrogen (secondary N) is 1. The second-order valence-electron chi connectivity index (χ2n) is 21.1. The van der Waals surface area contributed by atoms with Gasteiger partial charge in [-0.25, -0.2) is 8.78 Å². The van der Waals surface area contributed by atoms with Crippen LogP contribution in [0.2, 0.25) is 0 Å². The maximum atomic E-state index is 14.8.